The third-order valence-electron chi connectivity index (χ3n) is 4.86. The van der Waals surface area contributed by atoms with Gasteiger partial charge in [-0.05, 0) is 72.7 Å². The number of hydrogen-bond donors (Lipinski definition) is 2. The maximum atomic E-state index is 12.2. The number of nitrogens with zero attached hydrogens (tertiary/aromatic N) is 1. The second-order valence-electron chi connectivity index (χ2n) is 7.21. The van der Waals surface area contributed by atoms with E-state index in [4.69, 9.17) is 33.0 Å². The molecule has 0 aliphatic carbocycles. The van der Waals surface area contributed by atoms with Crippen molar-refractivity contribution in [2.45, 2.75) is 6.92 Å². The molecule has 0 aliphatic heterocycles. The van der Waals surface area contributed by atoms with Gasteiger partial charge in [-0.25, -0.2) is 4.98 Å². The smallest absolute Gasteiger partial charge is 0.250 e. The third kappa shape index (κ3) is 5.58. The highest BCUT2D eigenvalue weighted by Gasteiger charge is 2.12. The lowest BCUT2D eigenvalue weighted by atomic mass is 10.1. The lowest BCUT2D eigenvalue weighted by molar-refractivity contribution is -0.115. The van der Waals surface area contributed by atoms with E-state index >= 15 is 0 Å². The van der Waals surface area contributed by atoms with Crippen LogP contribution in [-0.2, 0) is 4.79 Å². The monoisotopic (exact) mass is 477 g/mol. The normalized spacial score (nSPS) is 11.0. The van der Waals surface area contributed by atoms with Crippen LogP contribution < -0.4 is 15.4 Å². The molecule has 0 bridgehead atoms. The number of carbonyl (C=O) groups is 1. The Bertz CT molecular complexity index is 1360. The molecule has 0 radical (unpaired) electrons. The molecule has 0 saturated heterocycles. The number of thiocarbonyl (C=S) groups is 1. The number of halogens is 1. The van der Waals surface area contributed by atoms with Gasteiger partial charge in [0, 0.05) is 28.4 Å². The van der Waals surface area contributed by atoms with Crippen LogP contribution >= 0.6 is 23.8 Å². The summed E-state index contributed by atoms with van der Waals surface area (Å²) in [5, 5.41) is 6.53. The molecule has 1 aromatic heterocycles. The van der Waals surface area contributed by atoms with Crippen LogP contribution in [0.5, 0.6) is 5.75 Å². The van der Waals surface area contributed by atoms with Crippen LogP contribution in [0.25, 0.3) is 28.6 Å². The van der Waals surface area contributed by atoms with Gasteiger partial charge in [0.25, 0.3) is 0 Å². The number of fused-ring (bicyclic) bond motifs is 1. The fraction of sp³-hybridized carbons (Fsp3) is 0.0800. The van der Waals surface area contributed by atoms with Crippen LogP contribution in [0.3, 0.4) is 0 Å². The van der Waals surface area contributed by atoms with E-state index in [1.54, 1.807) is 25.3 Å². The first-order chi connectivity index (χ1) is 15.9. The maximum Gasteiger partial charge on any atom is 0.250 e. The van der Waals surface area contributed by atoms with E-state index in [1.165, 1.54) is 6.08 Å². The molecule has 0 saturated carbocycles. The summed E-state index contributed by atoms with van der Waals surface area (Å²) in [4.78, 5) is 16.8. The summed E-state index contributed by atoms with van der Waals surface area (Å²) in [5.74, 6) is 0.839. The first-order valence-corrected chi connectivity index (χ1v) is 10.8. The predicted molar refractivity (Wildman–Crippen MR) is 136 cm³/mol. The van der Waals surface area contributed by atoms with Gasteiger partial charge in [-0.2, -0.15) is 0 Å². The molecule has 1 amide bonds. The number of ether oxygens (including phenoxy) is 1. The number of aromatic nitrogens is 1. The molecule has 3 aromatic carbocycles. The van der Waals surface area contributed by atoms with E-state index in [9.17, 15) is 4.79 Å². The molecule has 1 heterocycles. The molecule has 0 unspecified atom stereocenters. The number of carbonyl (C=O) groups excluding carboxylic acids is 1. The molecule has 0 aliphatic rings. The zero-order valence-corrected chi connectivity index (χ0v) is 19.5. The quantitative estimate of drug-likeness (QED) is 0.271. The molecule has 33 heavy (non-hydrogen) atoms. The van der Waals surface area contributed by atoms with E-state index in [-0.39, 0.29) is 11.0 Å². The molecule has 2 N–H and O–H groups in total. The number of methoxy groups -OCH3 is 1. The SMILES string of the molecule is COc1ccc2oc(-c3ccc(C)c(NC(=S)NC(=O)C=Cc4ccc(Cl)cc4)c3)nc2c1. The van der Waals surface area contributed by atoms with Crippen molar-refractivity contribution in [1.29, 1.82) is 0 Å². The Labute approximate surface area is 201 Å². The van der Waals surface area contributed by atoms with E-state index in [2.05, 4.69) is 15.6 Å². The van der Waals surface area contributed by atoms with E-state index in [1.807, 2.05) is 55.5 Å². The average molecular weight is 478 g/mol. The Kier molecular flexibility index (Phi) is 6.72. The van der Waals surface area contributed by atoms with Gasteiger partial charge in [-0.1, -0.05) is 29.8 Å². The molecule has 6 nitrogen and oxygen atoms in total. The lowest BCUT2D eigenvalue weighted by Crippen LogP contribution is -2.33. The average Bonchev–Trinajstić information content (AvgIpc) is 3.23. The second-order valence-corrected chi connectivity index (χ2v) is 8.06. The van der Waals surface area contributed by atoms with Gasteiger partial charge in [-0.3, -0.25) is 10.1 Å². The molecular formula is C25H20ClN3O3S. The molecular weight excluding hydrogens is 458 g/mol. The first kappa shape index (κ1) is 22.5. The van der Waals surface area contributed by atoms with Crippen molar-refractivity contribution >= 4 is 57.7 Å². The Balaban J connectivity index is 1.46. The minimum absolute atomic E-state index is 0.184. The van der Waals surface area contributed by atoms with Gasteiger partial charge in [0.2, 0.25) is 11.8 Å². The van der Waals surface area contributed by atoms with E-state index in [0.717, 1.165) is 22.4 Å². The largest absolute Gasteiger partial charge is 0.497 e. The van der Waals surface area contributed by atoms with E-state index < -0.39 is 0 Å². The van der Waals surface area contributed by atoms with Gasteiger partial charge >= 0.3 is 0 Å². The van der Waals surface area contributed by atoms with Crippen molar-refractivity contribution in [3.63, 3.8) is 0 Å². The molecule has 0 atom stereocenters. The Morgan fingerprint density at radius 1 is 1.12 bits per heavy atom. The van der Waals surface area contributed by atoms with Crippen molar-refractivity contribution < 1.29 is 13.9 Å². The minimum atomic E-state index is -0.343. The number of amides is 1. The first-order valence-electron chi connectivity index (χ1n) is 10.0. The standard InChI is InChI=1S/C25H20ClN3O3S/c1-15-3-7-17(24-27-21-14-19(31-2)10-11-22(21)32-24)13-20(15)28-25(33)29-23(30)12-6-16-4-8-18(26)9-5-16/h3-14H,1-2H3,(H2,28,29,30,33). The number of anilines is 1. The summed E-state index contributed by atoms with van der Waals surface area (Å²) in [6.07, 6.45) is 3.09. The maximum absolute atomic E-state index is 12.2. The van der Waals surface area contributed by atoms with Gasteiger partial charge in [-0.15, -0.1) is 0 Å². The van der Waals surface area contributed by atoms with Crippen molar-refractivity contribution in [3.8, 4) is 17.2 Å². The number of aryl methyl sites for hydroxylation is 1. The van der Waals surface area contributed by atoms with Gasteiger partial charge < -0.3 is 14.5 Å². The molecule has 4 aromatic rings. The van der Waals surface area contributed by atoms with Crippen molar-refractivity contribution in [2.24, 2.45) is 0 Å². The lowest BCUT2D eigenvalue weighted by Gasteiger charge is -2.11. The number of benzene rings is 3. The summed E-state index contributed by atoms with van der Waals surface area (Å²) >= 11 is 11.2. The van der Waals surface area contributed by atoms with Crippen LogP contribution in [0.1, 0.15) is 11.1 Å². The number of oxazole rings is 1. The molecule has 0 fully saturated rings. The van der Waals surface area contributed by atoms with Crippen molar-refractivity contribution in [1.82, 2.24) is 10.3 Å². The fourth-order valence-corrected chi connectivity index (χ4v) is 3.44. The Hall–Kier alpha value is -3.68. The highest BCUT2D eigenvalue weighted by Crippen LogP contribution is 2.29. The van der Waals surface area contributed by atoms with E-state index in [0.29, 0.717) is 27.8 Å². The van der Waals surface area contributed by atoms with Gasteiger partial charge in [0.1, 0.15) is 11.3 Å². The molecule has 0 spiro atoms. The fourth-order valence-electron chi connectivity index (χ4n) is 3.10. The summed E-state index contributed by atoms with van der Waals surface area (Å²) in [6.45, 7) is 1.94. The van der Waals surface area contributed by atoms with Crippen LogP contribution in [0, 0.1) is 6.92 Å². The van der Waals surface area contributed by atoms with Crippen LogP contribution in [0.2, 0.25) is 5.02 Å². The zero-order valence-electron chi connectivity index (χ0n) is 17.9. The van der Waals surface area contributed by atoms with Crippen molar-refractivity contribution in [3.05, 3.63) is 82.9 Å². The molecule has 4 rings (SSSR count). The molecule has 166 valence electrons. The minimum Gasteiger partial charge on any atom is -0.497 e. The van der Waals surface area contributed by atoms with Crippen LogP contribution in [0.4, 0.5) is 5.69 Å². The predicted octanol–water partition coefficient (Wildman–Crippen LogP) is 5.99. The topological polar surface area (TPSA) is 76.4 Å². The summed E-state index contributed by atoms with van der Waals surface area (Å²) in [5.41, 5.74) is 4.68. The van der Waals surface area contributed by atoms with Gasteiger partial charge in [0.05, 0.1) is 7.11 Å². The second kappa shape index (κ2) is 9.85. The summed E-state index contributed by atoms with van der Waals surface area (Å²) in [6, 6.07) is 18.3. The molecule has 8 heteroatoms. The van der Waals surface area contributed by atoms with Crippen LogP contribution in [0.15, 0.2) is 71.2 Å². The third-order valence-corrected chi connectivity index (χ3v) is 5.32. The highest BCUT2D eigenvalue weighted by molar-refractivity contribution is 7.80. The van der Waals surface area contributed by atoms with Crippen LogP contribution in [-0.4, -0.2) is 23.1 Å². The number of rotatable bonds is 5. The summed E-state index contributed by atoms with van der Waals surface area (Å²) in [7, 11) is 1.61. The van der Waals surface area contributed by atoms with Crippen molar-refractivity contribution in [2.75, 3.05) is 12.4 Å². The number of hydrogen-bond acceptors (Lipinski definition) is 5. The number of nitrogens with one attached hydrogen (secondary N) is 2. The highest BCUT2D eigenvalue weighted by atomic mass is 35.5. The Morgan fingerprint density at radius 2 is 1.91 bits per heavy atom. The Morgan fingerprint density at radius 3 is 2.67 bits per heavy atom. The zero-order chi connectivity index (χ0) is 23.4. The summed E-state index contributed by atoms with van der Waals surface area (Å²) < 4.78 is 11.1. The van der Waals surface area contributed by atoms with Gasteiger partial charge in [0.15, 0.2) is 10.7 Å².